The summed E-state index contributed by atoms with van der Waals surface area (Å²) in [6.45, 7) is 9.74. The summed E-state index contributed by atoms with van der Waals surface area (Å²) in [6.07, 6.45) is 0.755. The number of piperazine rings is 1. The Balaban J connectivity index is 2.85. The van der Waals surface area contributed by atoms with Gasteiger partial charge in [0.25, 0.3) is 0 Å². The molecule has 1 unspecified atom stereocenters. The third kappa shape index (κ3) is 5.20. The number of nitrogens with zero attached hydrogens (tertiary/aromatic N) is 2. The van der Waals surface area contributed by atoms with E-state index in [0.29, 0.717) is 13.1 Å². The van der Waals surface area contributed by atoms with Gasteiger partial charge >= 0.3 is 5.97 Å². The van der Waals surface area contributed by atoms with Crippen molar-refractivity contribution in [3.05, 3.63) is 0 Å². The van der Waals surface area contributed by atoms with Gasteiger partial charge in [-0.2, -0.15) is 0 Å². The molecule has 1 rings (SSSR count). The summed E-state index contributed by atoms with van der Waals surface area (Å²) in [4.78, 5) is 39.7. The van der Waals surface area contributed by atoms with E-state index in [1.54, 1.807) is 25.7 Å². The highest BCUT2D eigenvalue weighted by molar-refractivity contribution is 5.91. The second-order valence-corrected chi connectivity index (χ2v) is 6.97. The van der Waals surface area contributed by atoms with E-state index in [2.05, 4.69) is 0 Å². The Labute approximate surface area is 138 Å². The smallest absolute Gasteiger partial charge is 0.326 e. The summed E-state index contributed by atoms with van der Waals surface area (Å²) >= 11 is 0. The molecule has 2 amide bonds. The molecule has 7 heteroatoms. The summed E-state index contributed by atoms with van der Waals surface area (Å²) in [5, 5.41) is 0. The highest BCUT2D eigenvalue weighted by atomic mass is 16.6. The van der Waals surface area contributed by atoms with Crippen molar-refractivity contribution in [1.29, 1.82) is 0 Å². The minimum absolute atomic E-state index is 0.000522. The van der Waals surface area contributed by atoms with Gasteiger partial charge in [-0.05, 0) is 26.7 Å². The normalized spacial score (nSPS) is 20.4. The Bertz CT molecular complexity index is 459. The van der Waals surface area contributed by atoms with Gasteiger partial charge in [0.05, 0.1) is 6.54 Å². The zero-order chi connectivity index (χ0) is 17.8. The fourth-order valence-corrected chi connectivity index (χ4v) is 2.66. The first kappa shape index (κ1) is 19.4. The van der Waals surface area contributed by atoms with Gasteiger partial charge in [0.2, 0.25) is 11.8 Å². The van der Waals surface area contributed by atoms with E-state index in [0.717, 1.165) is 6.42 Å². The van der Waals surface area contributed by atoms with E-state index in [-0.39, 0.29) is 30.8 Å². The maximum Gasteiger partial charge on any atom is 0.326 e. The third-order valence-electron chi connectivity index (χ3n) is 3.93. The van der Waals surface area contributed by atoms with Crippen LogP contribution in [0.15, 0.2) is 0 Å². The summed E-state index contributed by atoms with van der Waals surface area (Å²) in [5.41, 5.74) is 4.86. The summed E-state index contributed by atoms with van der Waals surface area (Å²) in [6, 6.07) is -0.563. The maximum atomic E-state index is 12.7. The highest BCUT2D eigenvalue weighted by Gasteiger charge is 2.40. The quantitative estimate of drug-likeness (QED) is 0.737. The number of esters is 1. The van der Waals surface area contributed by atoms with Crippen molar-refractivity contribution < 1.29 is 19.1 Å². The molecule has 0 aromatic carbocycles. The first-order chi connectivity index (χ1) is 10.6. The van der Waals surface area contributed by atoms with Crippen LogP contribution >= 0.6 is 0 Å². The van der Waals surface area contributed by atoms with Crippen molar-refractivity contribution in [3.8, 4) is 0 Å². The van der Waals surface area contributed by atoms with Crippen molar-refractivity contribution in [2.45, 2.75) is 52.7 Å². The molecular formula is C16H29N3O4. The molecule has 0 bridgehead atoms. The Hall–Kier alpha value is -1.63. The number of carbonyl (C=O) groups is 3. The van der Waals surface area contributed by atoms with Crippen LogP contribution < -0.4 is 5.73 Å². The summed E-state index contributed by atoms with van der Waals surface area (Å²) in [7, 11) is 0. The number of ether oxygens (including phenoxy) is 1. The lowest BCUT2D eigenvalue weighted by atomic mass is 9.94. The van der Waals surface area contributed by atoms with Crippen LogP contribution in [0.1, 0.15) is 41.0 Å². The molecule has 1 fully saturated rings. The van der Waals surface area contributed by atoms with Crippen LogP contribution in [0.5, 0.6) is 0 Å². The Morgan fingerprint density at radius 3 is 2.43 bits per heavy atom. The zero-order valence-corrected chi connectivity index (χ0v) is 14.8. The van der Waals surface area contributed by atoms with Crippen LogP contribution in [-0.4, -0.2) is 65.4 Å². The molecule has 1 aliphatic rings. The largest absolute Gasteiger partial charge is 0.459 e. The van der Waals surface area contributed by atoms with E-state index in [1.807, 2.05) is 13.8 Å². The molecule has 2 atom stereocenters. The molecule has 1 saturated heterocycles. The molecular weight excluding hydrogens is 298 g/mol. The minimum Gasteiger partial charge on any atom is -0.459 e. The number of carbonyl (C=O) groups excluding carboxylic acids is 3. The molecule has 2 N–H and O–H groups in total. The van der Waals surface area contributed by atoms with Gasteiger partial charge in [-0.1, -0.05) is 20.3 Å². The van der Waals surface area contributed by atoms with Crippen molar-refractivity contribution in [2.24, 2.45) is 11.7 Å². The Morgan fingerprint density at radius 1 is 1.35 bits per heavy atom. The molecule has 23 heavy (non-hydrogen) atoms. The van der Waals surface area contributed by atoms with Gasteiger partial charge in [0, 0.05) is 13.1 Å². The minimum atomic E-state index is -0.590. The van der Waals surface area contributed by atoms with Gasteiger partial charge < -0.3 is 20.3 Å². The van der Waals surface area contributed by atoms with Crippen molar-refractivity contribution in [1.82, 2.24) is 9.80 Å². The molecule has 0 aliphatic carbocycles. The fraction of sp³-hybridized carbons (Fsp3) is 0.812. The highest BCUT2D eigenvalue weighted by Crippen LogP contribution is 2.21. The second-order valence-electron chi connectivity index (χ2n) is 6.97. The summed E-state index contributed by atoms with van der Waals surface area (Å²) in [5.74, 6) is -0.884. The molecule has 0 spiro atoms. The lowest BCUT2D eigenvalue weighted by molar-refractivity contribution is -0.164. The van der Waals surface area contributed by atoms with Crippen LogP contribution in [0.4, 0.5) is 0 Å². The number of amides is 2. The first-order valence-corrected chi connectivity index (χ1v) is 8.10. The lowest BCUT2D eigenvalue weighted by Crippen LogP contribution is -2.62. The molecule has 0 aromatic rings. The molecule has 132 valence electrons. The monoisotopic (exact) mass is 327 g/mol. The third-order valence-corrected chi connectivity index (χ3v) is 3.93. The van der Waals surface area contributed by atoms with Crippen LogP contribution in [0.2, 0.25) is 0 Å². The molecule has 1 heterocycles. The number of rotatable bonds is 5. The zero-order valence-electron chi connectivity index (χ0n) is 14.8. The number of nitrogens with two attached hydrogens (primary N) is 1. The Morgan fingerprint density at radius 2 is 1.96 bits per heavy atom. The molecule has 0 radical (unpaired) electrons. The van der Waals surface area contributed by atoms with Gasteiger partial charge in [-0.15, -0.1) is 0 Å². The standard InChI is InChI=1S/C16H29N3O4/c1-6-11(2)14-15(22)18(7-8-19(14)12(20)9-17)10-13(21)23-16(3,4)5/h11,14H,6-10,17H2,1-5H3/t11?,14-/m0/s1. The van der Waals surface area contributed by atoms with E-state index in [4.69, 9.17) is 10.5 Å². The van der Waals surface area contributed by atoms with E-state index < -0.39 is 17.6 Å². The first-order valence-electron chi connectivity index (χ1n) is 8.10. The van der Waals surface area contributed by atoms with Crippen LogP contribution in [0.3, 0.4) is 0 Å². The van der Waals surface area contributed by atoms with Crippen LogP contribution in [0.25, 0.3) is 0 Å². The van der Waals surface area contributed by atoms with Crippen molar-refractivity contribution in [3.63, 3.8) is 0 Å². The maximum absolute atomic E-state index is 12.7. The Kier molecular flexibility index (Phi) is 6.56. The summed E-state index contributed by atoms with van der Waals surface area (Å²) < 4.78 is 5.27. The molecule has 0 saturated carbocycles. The van der Waals surface area contributed by atoms with E-state index >= 15 is 0 Å². The van der Waals surface area contributed by atoms with Crippen LogP contribution in [0, 0.1) is 5.92 Å². The van der Waals surface area contributed by atoms with Gasteiger partial charge in [-0.3, -0.25) is 14.4 Å². The average molecular weight is 327 g/mol. The van der Waals surface area contributed by atoms with E-state index in [9.17, 15) is 14.4 Å². The van der Waals surface area contributed by atoms with Crippen molar-refractivity contribution in [2.75, 3.05) is 26.2 Å². The van der Waals surface area contributed by atoms with Gasteiger partial charge in [0.1, 0.15) is 18.2 Å². The predicted molar refractivity (Wildman–Crippen MR) is 86.4 cm³/mol. The number of hydrogen-bond acceptors (Lipinski definition) is 5. The van der Waals surface area contributed by atoms with Gasteiger partial charge in [-0.25, -0.2) is 0 Å². The van der Waals surface area contributed by atoms with Crippen molar-refractivity contribution >= 4 is 17.8 Å². The second kappa shape index (κ2) is 7.77. The fourth-order valence-electron chi connectivity index (χ4n) is 2.66. The SMILES string of the molecule is CCC(C)[C@H]1C(=O)N(CC(=O)OC(C)(C)C)CCN1C(=O)CN. The predicted octanol–water partition coefficient (Wildman–Crippen LogP) is 0.372. The molecule has 1 aliphatic heterocycles. The average Bonchev–Trinajstić information content (AvgIpc) is 2.45. The van der Waals surface area contributed by atoms with Gasteiger partial charge in [0.15, 0.2) is 0 Å². The van der Waals surface area contributed by atoms with Crippen LogP contribution in [-0.2, 0) is 19.1 Å². The molecule has 7 nitrogen and oxygen atoms in total. The molecule has 0 aromatic heterocycles. The number of hydrogen-bond donors (Lipinski definition) is 1. The van der Waals surface area contributed by atoms with E-state index in [1.165, 1.54) is 4.90 Å². The topological polar surface area (TPSA) is 92.9 Å². The lowest BCUT2D eigenvalue weighted by Gasteiger charge is -2.42.